The Balaban J connectivity index is 0.00000384. The van der Waals surface area contributed by atoms with Gasteiger partial charge in [0.1, 0.15) is 5.82 Å². The van der Waals surface area contributed by atoms with E-state index in [4.69, 9.17) is 15.0 Å². The van der Waals surface area contributed by atoms with E-state index in [2.05, 4.69) is 16.8 Å². The minimum Gasteiger partial charge on any atom is -0.870 e. The van der Waals surface area contributed by atoms with Crippen LogP contribution < -0.4 is 5.14 Å². The number of nitrogens with two attached hydrogens (primary N) is 1. The van der Waals surface area contributed by atoms with E-state index >= 15 is 0 Å². The fourth-order valence-corrected chi connectivity index (χ4v) is 6.72. The van der Waals surface area contributed by atoms with Crippen molar-refractivity contribution in [2.24, 2.45) is 17.0 Å². The topological polar surface area (TPSA) is 130 Å². The summed E-state index contributed by atoms with van der Waals surface area (Å²) < 4.78 is 33.8. The fraction of sp³-hybridized carbons (Fsp3) is 0.364. The second kappa shape index (κ2) is 13.9. The zero-order valence-corrected chi connectivity index (χ0v) is 26.2. The highest BCUT2D eigenvalue weighted by Crippen LogP contribution is 2.38. The lowest BCUT2D eigenvalue weighted by Crippen LogP contribution is -2.08. The van der Waals surface area contributed by atoms with Gasteiger partial charge in [-0.05, 0) is 80.8 Å². The van der Waals surface area contributed by atoms with Gasteiger partial charge in [-0.2, -0.15) is 5.10 Å². The standard InChI is InChI=1S/C33H33FN4O3S2.H2O/c1-2-41-32(39)29-20-42-33(36-29)38-30(18-23-7-8-23)27(17-22-10-14-26(15-11-22)43(35)40)31(37-38)25-13-16-28(34)24(19-25)12-9-21-5-3-4-6-21;/h10-11,13-16,19-21,23H,2-8,17-18H2,1H3,(H2,35,40);1H2. The molecule has 2 heterocycles. The van der Waals surface area contributed by atoms with Gasteiger partial charge in [0.05, 0.1) is 23.6 Å². The number of hydrogen-bond acceptors (Lipinski definition) is 7. The highest BCUT2D eigenvalue weighted by atomic mass is 32.2. The van der Waals surface area contributed by atoms with Gasteiger partial charge >= 0.3 is 5.97 Å². The van der Waals surface area contributed by atoms with Gasteiger partial charge in [0, 0.05) is 28.8 Å². The van der Waals surface area contributed by atoms with Crippen molar-refractivity contribution in [2.75, 3.05) is 6.61 Å². The Bertz CT molecular complexity index is 1730. The van der Waals surface area contributed by atoms with E-state index in [-0.39, 0.29) is 23.6 Å². The number of hydrogen-bond donors (Lipinski definition) is 1. The zero-order chi connectivity index (χ0) is 29.9. The molecule has 0 bridgehead atoms. The second-order valence-electron chi connectivity index (χ2n) is 11.2. The summed E-state index contributed by atoms with van der Waals surface area (Å²) in [6, 6.07) is 12.5. The zero-order valence-electron chi connectivity index (χ0n) is 24.5. The summed E-state index contributed by atoms with van der Waals surface area (Å²) in [5.74, 6) is 6.43. The summed E-state index contributed by atoms with van der Waals surface area (Å²) in [5, 5.41) is 13.0. The number of carbonyl (C=O) groups excluding carboxylic acids is 1. The molecule has 0 amide bonds. The Kier molecular flexibility index (Phi) is 10.1. The minimum absolute atomic E-state index is 0. The van der Waals surface area contributed by atoms with Crippen molar-refractivity contribution in [3.05, 3.63) is 81.7 Å². The van der Waals surface area contributed by atoms with E-state index in [1.807, 2.05) is 16.8 Å². The molecule has 3 N–H and O–H groups in total. The maximum atomic E-state index is 15.0. The third-order valence-corrected chi connectivity index (χ3v) is 9.63. The van der Waals surface area contributed by atoms with Crippen molar-refractivity contribution in [1.29, 1.82) is 0 Å². The van der Waals surface area contributed by atoms with Crippen molar-refractivity contribution in [3.63, 3.8) is 0 Å². The van der Waals surface area contributed by atoms with Crippen molar-refractivity contribution in [3.8, 4) is 28.2 Å². The first kappa shape index (κ1) is 31.7. The number of aromatic nitrogens is 3. The number of thiol groups is 1. The van der Waals surface area contributed by atoms with E-state index in [9.17, 15) is 13.4 Å². The van der Waals surface area contributed by atoms with E-state index < -0.39 is 17.0 Å². The molecular weight excluding hydrogens is 600 g/mol. The quantitative estimate of drug-likeness (QED) is 0.102. The second-order valence-corrected chi connectivity index (χ2v) is 13.2. The first-order valence-corrected chi connectivity index (χ1v) is 17.0. The average Bonchev–Trinajstić information content (AvgIpc) is 3.35. The molecule has 1 atom stereocenters. The fourth-order valence-electron chi connectivity index (χ4n) is 5.51. The Labute approximate surface area is 262 Å². The molecular formula is C33H35FN4O4S2. The predicted octanol–water partition coefficient (Wildman–Crippen LogP) is 6.15. The smallest absolute Gasteiger partial charge is 0.357 e. The summed E-state index contributed by atoms with van der Waals surface area (Å²) in [6.07, 6.45) is 8.10. The lowest BCUT2D eigenvalue weighted by atomic mass is 9.96. The molecule has 2 saturated carbocycles. The Hall–Kier alpha value is -3.69. The molecule has 44 heavy (non-hydrogen) atoms. The van der Waals surface area contributed by atoms with Crippen LogP contribution in [0.25, 0.3) is 16.4 Å². The number of ether oxygens (including phenoxy) is 1. The molecule has 11 heteroatoms. The summed E-state index contributed by atoms with van der Waals surface area (Å²) in [6.45, 7) is 2.03. The van der Waals surface area contributed by atoms with Crippen LogP contribution in [0.1, 0.15) is 78.3 Å². The molecule has 4 aromatic rings. The molecule has 0 spiro atoms. The normalized spacial score (nSPS) is 15.3. The molecule has 1 unspecified atom stereocenters. The van der Waals surface area contributed by atoms with E-state index in [0.717, 1.165) is 60.2 Å². The van der Waals surface area contributed by atoms with Crippen LogP contribution in [0.15, 0.2) is 52.7 Å². The molecule has 8 nitrogen and oxygen atoms in total. The van der Waals surface area contributed by atoms with Crippen LogP contribution in [0.5, 0.6) is 0 Å². The van der Waals surface area contributed by atoms with E-state index in [1.165, 1.54) is 30.2 Å². The number of esters is 1. The summed E-state index contributed by atoms with van der Waals surface area (Å²) >= 11 is 1.33. The minimum atomic E-state index is -1.93. The van der Waals surface area contributed by atoms with Gasteiger partial charge < -0.3 is 10.2 Å². The van der Waals surface area contributed by atoms with Crippen LogP contribution in [-0.4, -0.2) is 32.8 Å². The van der Waals surface area contributed by atoms with Crippen molar-refractivity contribution >= 4 is 28.3 Å². The number of rotatable bonds is 9. The lowest BCUT2D eigenvalue weighted by Gasteiger charge is -2.09. The maximum absolute atomic E-state index is 15.0. The Morgan fingerprint density at radius 1 is 1.16 bits per heavy atom. The van der Waals surface area contributed by atoms with Gasteiger partial charge in [-0.25, -0.2) is 18.9 Å². The number of halogens is 1. The van der Waals surface area contributed by atoms with Gasteiger partial charge in [0.2, 0.25) is 5.13 Å². The molecule has 2 aromatic carbocycles. The Morgan fingerprint density at radius 3 is 2.59 bits per heavy atom. The third kappa shape index (κ3) is 7.16. The average molecular weight is 635 g/mol. The number of benzene rings is 2. The number of thiazole rings is 1. The van der Waals surface area contributed by atoms with E-state index in [1.54, 1.807) is 36.6 Å². The maximum Gasteiger partial charge on any atom is 0.357 e. The summed E-state index contributed by atoms with van der Waals surface area (Å²) in [4.78, 5) is 17.6. The van der Waals surface area contributed by atoms with Gasteiger partial charge in [-0.15, -0.1) is 16.5 Å². The van der Waals surface area contributed by atoms with Crippen LogP contribution in [0.4, 0.5) is 4.39 Å². The van der Waals surface area contributed by atoms with Crippen LogP contribution in [0.3, 0.4) is 0 Å². The molecule has 0 aliphatic heterocycles. The molecule has 230 valence electrons. The monoisotopic (exact) mass is 634 g/mol. The van der Waals surface area contributed by atoms with Crippen molar-refractivity contribution in [2.45, 2.75) is 63.2 Å². The molecule has 6 rings (SSSR count). The van der Waals surface area contributed by atoms with Crippen LogP contribution in [0, 0.1) is 29.5 Å². The van der Waals surface area contributed by atoms with Gasteiger partial charge in [-0.3, -0.25) is 0 Å². The van der Waals surface area contributed by atoms with Crippen molar-refractivity contribution < 1.29 is 23.6 Å². The largest absolute Gasteiger partial charge is 0.870 e. The third-order valence-electron chi connectivity index (χ3n) is 8.00. The Morgan fingerprint density at radius 2 is 1.91 bits per heavy atom. The first-order chi connectivity index (χ1) is 20.9. The lowest BCUT2D eigenvalue weighted by molar-refractivity contribution is 0.0520. The molecule has 0 radical (unpaired) electrons. The highest BCUT2D eigenvalue weighted by Gasteiger charge is 2.29. The van der Waals surface area contributed by atoms with Crippen LogP contribution >= 0.6 is 11.3 Å². The van der Waals surface area contributed by atoms with E-state index in [0.29, 0.717) is 33.8 Å². The molecule has 0 saturated heterocycles. The number of nitrogens with zero attached hydrogens (tertiary/aromatic N) is 3. The summed E-state index contributed by atoms with van der Waals surface area (Å²) in [7, 11) is -1.93. The van der Waals surface area contributed by atoms with Crippen molar-refractivity contribution in [1.82, 2.24) is 14.8 Å². The van der Waals surface area contributed by atoms with Gasteiger partial charge in [-0.1, -0.05) is 41.0 Å². The highest BCUT2D eigenvalue weighted by molar-refractivity contribution is 7.82. The van der Waals surface area contributed by atoms with Crippen LogP contribution in [-0.2, 0) is 32.8 Å². The molecule has 2 fully saturated rings. The van der Waals surface area contributed by atoms with Crippen LogP contribution in [0.2, 0.25) is 0 Å². The predicted molar refractivity (Wildman–Crippen MR) is 169 cm³/mol. The van der Waals surface area contributed by atoms with Gasteiger partial charge in [0.25, 0.3) is 0 Å². The summed E-state index contributed by atoms with van der Waals surface area (Å²) in [5.41, 5.74) is 5.13. The first-order valence-electron chi connectivity index (χ1n) is 14.8. The number of carbonyl (C=O) groups is 1. The SMILES string of the molecule is CCOC(=O)c1csc(-n2nc(-c3ccc(F)c(C#CC4CCCC4)c3)c(Cc3ccc([SH+](N)=O)cc3)c2CC2CC2)n1.[OH-]. The van der Waals surface area contributed by atoms with Gasteiger partial charge in [0.15, 0.2) is 21.6 Å². The molecule has 2 aromatic heterocycles. The molecule has 2 aliphatic rings. The molecule has 2 aliphatic carbocycles.